The first-order valence-electron chi connectivity index (χ1n) is 9.49. The molecule has 1 atom stereocenters. The Kier molecular flexibility index (Phi) is 5.10. The number of aromatic nitrogens is 2. The molecule has 2 aromatic rings. The van der Waals surface area contributed by atoms with E-state index in [0.717, 1.165) is 43.7 Å². The lowest BCUT2D eigenvalue weighted by Gasteiger charge is -2.34. The number of methoxy groups -OCH3 is 1. The topological polar surface area (TPSA) is 96.9 Å². The maximum atomic E-state index is 13.1. The molecule has 0 aliphatic carbocycles. The number of hydrogen-bond donors (Lipinski definition) is 1. The first kappa shape index (κ1) is 18.2. The van der Waals surface area contributed by atoms with E-state index in [9.17, 15) is 4.79 Å². The zero-order valence-electron chi connectivity index (χ0n) is 15.9. The number of carbonyl (C=O) groups excluding carboxylic acids is 1. The Morgan fingerprint density at radius 3 is 2.64 bits per heavy atom. The summed E-state index contributed by atoms with van der Waals surface area (Å²) in [6, 6.07) is 12.1. The fourth-order valence-electron chi connectivity index (χ4n) is 3.80. The van der Waals surface area contributed by atoms with Crippen molar-refractivity contribution in [2.24, 2.45) is 11.0 Å². The van der Waals surface area contributed by atoms with Crippen molar-refractivity contribution in [1.29, 1.82) is 0 Å². The van der Waals surface area contributed by atoms with Gasteiger partial charge >= 0.3 is 6.01 Å². The molecule has 0 unspecified atom stereocenters. The van der Waals surface area contributed by atoms with Crippen LogP contribution in [-0.4, -0.2) is 47.3 Å². The Hall–Kier alpha value is -3.16. The molecule has 2 aliphatic rings. The van der Waals surface area contributed by atoms with E-state index in [1.165, 1.54) is 7.11 Å². The van der Waals surface area contributed by atoms with Gasteiger partial charge in [-0.25, -0.2) is 5.01 Å². The van der Waals surface area contributed by atoms with Crippen LogP contribution in [0.2, 0.25) is 0 Å². The lowest BCUT2D eigenvalue weighted by molar-refractivity contribution is -0.138. The molecule has 1 aromatic heterocycles. The van der Waals surface area contributed by atoms with Crippen LogP contribution in [-0.2, 0) is 4.79 Å². The molecule has 4 rings (SSSR count). The number of ether oxygens (including phenoxy) is 1. The number of nitrogen functional groups attached to an aromatic ring is 1. The van der Waals surface area contributed by atoms with Gasteiger partial charge in [0.25, 0.3) is 0 Å². The average molecular weight is 380 g/mol. The van der Waals surface area contributed by atoms with Crippen LogP contribution < -0.4 is 15.4 Å². The number of carbonyl (C=O) groups is 1. The average Bonchev–Trinajstić information content (AvgIpc) is 3.23. The van der Waals surface area contributed by atoms with Crippen molar-refractivity contribution in [3.63, 3.8) is 0 Å². The highest BCUT2D eigenvalue weighted by atomic mass is 16.5. The van der Waals surface area contributed by atoms with Crippen molar-refractivity contribution < 1.29 is 9.53 Å². The van der Waals surface area contributed by atoms with E-state index in [1.807, 2.05) is 24.4 Å². The molecule has 0 bridgehead atoms. The monoisotopic (exact) mass is 380 g/mol. The second-order valence-corrected chi connectivity index (χ2v) is 7.04. The lowest BCUT2D eigenvalue weighted by atomic mass is 9.94. The van der Waals surface area contributed by atoms with Crippen molar-refractivity contribution in [2.45, 2.75) is 25.3 Å². The van der Waals surface area contributed by atoms with Gasteiger partial charge in [0.2, 0.25) is 5.91 Å². The molecule has 0 spiro atoms. The molecule has 3 heterocycles. The molecular weight excluding hydrogens is 356 g/mol. The smallest absolute Gasteiger partial charge is 0.320 e. The molecule has 0 radical (unpaired) electrons. The molecule has 1 amide bonds. The minimum atomic E-state index is -0.0428. The van der Waals surface area contributed by atoms with Crippen LogP contribution in [0.3, 0.4) is 0 Å². The molecule has 28 heavy (non-hydrogen) atoms. The summed E-state index contributed by atoms with van der Waals surface area (Å²) in [6.07, 6.45) is 4.09. The summed E-state index contributed by atoms with van der Waals surface area (Å²) in [7, 11) is 1.52. The van der Waals surface area contributed by atoms with E-state index in [1.54, 1.807) is 11.1 Å². The van der Waals surface area contributed by atoms with Crippen LogP contribution in [0.5, 0.6) is 6.01 Å². The van der Waals surface area contributed by atoms with Gasteiger partial charge in [0.1, 0.15) is 11.6 Å². The summed E-state index contributed by atoms with van der Waals surface area (Å²) in [5.41, 5.74) is 6.96. The van der Waals surface area contributed by atoms with E-state index in [0.29, 0.717) is 5.82 Å². The quantitative estimate of drug-likeness (QED) is 0.874. The van der Waals surface area contributed by atoms with Gasteiger partial charge in [-0.15, -0.1) is 0 Å². The number of rotatable bonds is 4. The Morgan fingerprint density at radius 1 is 1.18 bits per heavy atom. The fraction of sp³-hybridized carbons (Fsp3) is 0.400. The minimum absolute atomic E-state index is 0.00217. The van der Waals surface area contributed by atoms with E-state index < -0.39 is 0 Å². The van der Waals surface area contributed by atoms with Crippen molar-refractivity contribution in [2.75, 3.05) is 30.8 Å². The SMILES string of the molecule is COc1nc(N)cc(N2CCC(C(=O)N3N=CC[C@H]3c3ccccc3)CC2)n1. The van der Waals surface area contributed by atoms with Crippen molar-refractivity contribution >= 4 is 23.8 Å². The highest BCUT2D eigenvalue weighted by molar-refractivity contribution is 5.82. The molecule has 8 nitrogen and oxygen atoms in total. The minimum Gasteiger partial charge on any atom is -0.467 e. The van der Waals surface area contributed by atoms with E-state index in [4.69, 9.17) is 10.5 Å². The van der Waals surface area contributed by atoms with Crippen LogP contribution in [0, 0.1) is 5.92 Å². The summed E-state index contributed by atoms with van der Waals surface area (Å²) in [4.78, 5) is 23.6. The predicted octanol–water partition coefficient (Wildman–Crippen LogP) is 2.24. The second-order valence-electron chi connectivity index (χ2n) is 7.04. The lowest BCUT2D eigenvalue weighted by Crippen LogP contribution is -2.41. The summed E-state index contributed by atoms with van der Waals surface area (Å²) < 4.78 is 5.10. The van der Waals surface area contributed by atoms with Crippen LogP contribution >= 0.6 is 0 Å². The molecular formula is C20H24N6O2. The van der Waals surface area contributed by atoms with Crippen molar-refractivity contribution in [3.8, 4) is 6.01 Å². The Labute approximate surface area is 164 Å². The second kappa shape index (κ2) is 7.84. The summed E-state index contributed by atoms with van der Waals surface area (Å²) in [5, 5.41) is 6.04. The maximum Gasteiger partial charge on any atom is 0.320 e. The summed E-state index contributed by atoms with van der Waals surface area (Å²) >= 11 is 0. The van der Waals surface area contributed by atoms with Gasteiger partial charge in [-0.1, -0.05) is 30.3 Å². The van der Waals surface area contributed by atoms with Gasteiger partial charge in [0.05, 0.1) is 13.2 Å². The Morgan fingerprint density at radius 2 is 1.93 bits per heavy atom. The van der Waals surface area contributed by atoms with E-state index in [2.05, 4.69) is 32.1 Å². The largest absolute Gasteiger partial charge is 0.467 e. The van der Waals surface area contributed by atoms with Crippen LogP contribution in [0.15, 0.2) is 41.5 Å². The summed E-state index contributed by atoms with van der Waals surface area (Å²) in [6.45, 7) is 1.45. The van der Waals surface area contributed by atoms with Gasteiger partial charge in [-0.3, -0.25) is 4.79 Å². The Bertz CT molecular complexity index is 864. The van der Waals surface area contributed by atoms with Gasteiger partial charge in [-0.2, -0.15) is 15.1 Å². The number of hydrogen-bond acceptors (Lipinski definition) is 7. The van der Waals surface area contributed by atoms with Crippen LogP contribution in [0.1, 0.15) is 30.9 Å². The predicted molar refractivity (Wildman–Crippen MR) is 107 cm³/mol. The number of piperidine rings is 1. The molecule has 2 N–H and O–H groups in total. The third-order valence-corrected chi connectivity index (χ3v) is 5.30. The molecule has 146 valence electrons. The molecule has 1 fully saturated rings. The standard InChI is InChI=1S/C20H24N6O2/c1-28-20-23-17(21)13-18(24-20)25-11-8-15(9-12-25)19(27)26-16(7-10-22-26)14-5-3-2-4-6-14/h2-6,10,13,15-16H,7-9,11-12H2,1H3,(H2,21,23,24)/t16-/m0/s1. The van der Waals surface area contributed by atoms with Gasteiger partial charge in [0.15, 0.2) is 0 Å². The number of nitrogens with zero attached hydrogens (tertiary/aromatic N) is 5. The van der Waals surface area contributed by atoms with E-state index in [-0.39, 0.29) is 23.9 Å². The molecule has 0 saturated carbocycles. The zero-order valence-corrected chi connectivity index (χ0v) is 15.9. The Balaban J connectivity index is 1.41. The van der Waals surface area contributed by atoms with Crippen LogP contribution in [0.4, 0.5) is 11.6 Å². The highest BCUT2D eigenvalue weighted by Gasteiger charge is 2.35. The van der Waals surface area contributed by atoms with Gasteiger partial charge in [0, 0.05) is 37.7 Å². The third kappa shape index (κ3) is 3.62. The van der Waals surface area contributed by atoms with Gasteiger partial charge < -0.3 is 15.4 Å². The molecule has 8 heteroatoms. The molecule has 1 aromatic carbocycles. The highest BCUT2D eigenvalue weighted by Crippen LogP contribution is 2.32. The number of anilines is 2. The first-order valence-corrected chi connectivity index (χ1v) is 9.49. The maximum absolute atomic E-state index is 13.1. The number of benzene rings is 1. The number of hydrazone groups is 1. The molecule has 1 saturated heterocycles. The van der Waals surface area contributed by atoms with Crippen LogP contribution in [0.25, 0.3) is 0 Å². The van der Waals surface area contributed by atoms with Crippen molar-refractivity contribution in [3.05, 3.63) is 42.0 Å². The summed E-state index contributed by atoms with van der Waals surface area (Å²) in [5.74, 6) is 1.16. The number of amides is 1. The number of nitrogens with two attached hydrogens (primary N) is 1. The first-order chi connectivity index (χ1) is 13.7. The van der Waals surface area contributed by atoms with Gasteiger partial charge in [-0.05, 0) is 18.4 Å². The van der Waals surface area contributed by atoms with E-state index >= 15 is 0 Å². The zero-order chi connectivity index (χ0) is 19.5. The fourth-order valence-corrected chi connectivity index (χ4v) is 3.80. The normalized spacial score (nSPS) is 19.8. The molecule has 2 aliphatic heterocycles. The third-order valence-electron chi connectivity index (χ3n) is 5.30. The van der Waals surface area contributed by atoms with Crippen molar-refractivity contribution in [1.82, 2.24) is 15.0 Å².